The van der Waals surface area contributed by atoms with Crippen LogP contribution in [0.1, 0.15) is 255 Å². The molecule has 14 heterocycles. The molecule has 7 saturated heterocycles. The molecule has 0 radical (unpaired) electrons. The number of piperidine rings is 4. The number of urea groups is 1. The lowest BCUT2D eigenvalue weighted by atomic mass is 9.89. The number of hydrogen-bond donors (Lipinski definition) is 5. The van der Waals surface area contributed by atoms with E-state index in [4.69, 9.17) is 30.4 Å². The van der Waals surface area contributed by atoms with Gasteiger partial charge in [-0.1, -0.05) is 92.1 Å². The highest BCUT2D eigenvalue weighted by Crippen LogP contribution is 2.35. The Morgan fingerprint density at radius 2 is 0.807 bits per heavy atom. The molecule has 28 nitrogen and oxygen atoms in total. The Kier molecular flexibility index (Phi) is 33.7. The van der Waals surface area contributed by atoms with E-state index in [1.807, 2.05) is 106 Å². The smallest absolute Gasteiger partial charge is 0.320 e. The number of nitrogens with one attached hydrogen (secondary N) is 5. The fourth-order valence-electron chi connectivity index (χ4n) is 18.5. The molecule has 4 aromatic carbocycles. The average Bonchev–Trinajstić information content (AvgIpc) is 0.922. The molecule has 9 amide bonds. The molecule has 7 aliphatic rings. The summed E-state index contributed by atoms with van der Waals surface area (Å²) in [5, 5.41) is 22.0. The lowest BCUT2D eigenvalue weighted by Crippen LogP contribution is -2.39. The minimum Gasteiger partial charge on any atom is -0.379 e. The molecule has 140 heavy (non-hydrogen) atoms. The minimum atomic E-state index is -0.342. The summed E-state index contributed by atoms with van der Waals surface area (Å²) in [5.74, 6) is 14.2. The molecule has 5 N–H and O–H groups in total. The number of anilines is 6. The average molecular weight is 1870 g/mol. The van der Waals surface area contributed by atoms with Gasteiger partial charge in [0.25, 0.3) is 41.4 Å². The highest BCUT2D eigenvalue weighted by molar-refractivity contribution is 6.07. The molecule has 1 atom stereocenters. The first-order valence-corrected chi connectivity index (χ1v) is 48.2. The van der Waals surface area contributed by atoms with Crippen LogP contribution in [0.5, 0.6) is 0 Å². The quantitative estimate of drug-likeness (QED) is 0.0443. The normalized spacial score (nSPS) is 16.1. The maximum atomic E-state index is 13.2. The summed E-state index contributed by atoms with van der Waals surface area (Å²) in [6.45, 7) is 18.4. The molecule has 7 aliphatic heterocycles. The first kappa shape index (κ1) is 98.7. The van der Waals surface area contributed by atoms with Gasteiger partial charge in [0.2, 0.25) is 0 Å². The van der Waals surface area contributed by atoms with Crippen molar-refractivity contribution in [3.8, 4) is 49.4 Å². The standard InChI is InChI=1S/C30H32N4O2.C29H29N5O2.C28H28N6O2.C25H28N4O3/c1-5-22-6-8-23(9-7-22)24-12-14-34(15-13-24)30(36)26-17-28(21(4)31-19-26)33-29(35)25-10-11-27(32-18-25)16-20(2)3;1-2-21-5-7-22(8-6-21)23-12-17-34(18-13-23)29(36)24-11-14-30-26(19-24)32-28(35)25-9-10-27(31-20-25)33-15-3-4-16-33;1-2-20-5-7-21(8-6-20)22-11-15-34(16-12-22)28(36)24-17-25(32-30-19-24)31-27(35)23-9-10-26(29-18-23)33-13-3-4-14-33;1-3-18-5-7-19(8-6-18)20-10-13-29(14-11-20)24(30)22-9-4-17(2)23(27-22)28-25(31)26-21-12-15-32-16-21/h1,6-11,17-20,24H,12-16H2,2-4H3,(H,33,35);1,5-11,14,19-20,23H,3-4,12-13,15-18H2,(H,30,32,35);1,5-10,17-19,22H,3-4,11-16H2,(H,31,32,35);1,4-9,20-21H,10-16H2,2H3,(H2,26,27,28,31). The van der Waals surface area contributed by atoms with E-state index in [1.165, 1.54) is 41.3 Å². The largest absolute Gasteiger partial charge is 0.379 e. The Hall–Kier alpha value is -15.8. The molecule has 0 spiro atoms. The number of likely N-dealkylation sites (tertiary alicyclic amines) is 4. The van der Waals surface area contributed by atoms with E-state index in [1.54, 1.807) is 79.5 Å². The van der Waals surface area contributed by atoms with Gasteiger partial charge in [0.05, 0.1) is 58.0 Å². The molecule has 0 bridgehead atoms. The number of carbonyl (C=O) groups is 8. The molecule has 0 aliphatic carbocycles. The molecule has 0 saturated carbocycles. The topological polar surface area (TPSA) is 328 Å². The zero-order chi connectivity index (χ0) is 98.0. The Labute approximate surface area is 818 Å². The van der Waals surface area contributed by atoms with E-state index in [9.17, 15) is 38.4 Å². The van der Waals surface area contributed by atoms with Crippen LogP contribution < -0.4 is 36.4 Å². The summed E-state index contributed by atoms with van der Waals surface area (Å²) in [6, 6.07) is 53.1. The van der Waals surface area contributed by atoms with Crippen LogP contribution in [-0.2, 0) is 11.2 Å². The van der Waals surface area contributed by atoms with Crippen molar-refractivity contribution in [3.05, 3.63) is 308 Å². The van der Waals surface area contributed by atoms with Crippen molar-refractivity contribution in [3.63, 3.8) is 0 Å². The second kappa shape index (κ2) is 47.8. The fraction of sp³-hybridized carbons (Fsp3) is 0.339. The summed E-state index contributed by atoms with van der Waals surface area (Å²) < 4.78 is 5.28. The lowest BCUT2D eigenvalue weighted by molar-refractivity contribution is 0.0701. The van der Waals surface area contributed by atoms with Gasteiger partial charge in [-0.2, -0.15) is 5.10 Å². The van der Waals surface area contributed by atoms with Crippen molar-refractivity contribution >= 4 is 82.2 Å². The van der Waals surface area contributed by atoms with Crippen LogP contribution in [0.2, 0.25) is 0 Å². The van der Waals surface area contributed by atoms with Crippen molar-refractivity contribution in [2.45, 2.75) is 147 Å². The Balaban J connectivity index is 0.000000141. The minimum absolute atomic E-state index is 0.00388. The Morgan fingerprint density at radius 1 is 0.400 bits per heavy atom. The summed E-state index contributed by atoms with van der Waals surface area (Å²) in [6.07, 6.45) is 44.6. The number of amides is 9. The molecule has 18 rings (SSSR count). The maximum Gasteiger partial charge on any atom is 0.320 e. The van der Waals surface area contributed by atoms with Crippen LogP contribution in [-0.4, -0.2) is 205 Å². The van der Waals surface area contributed by atoms with Gasteiger partial charge in [-0.15, -0.1) is 30.8 Å². The molecule has 7 fully saturated rings. The highest BCUT2D eigenvalue weighted by Gasteiger charge is 2.32. The second-order valence-electron chi connectivity index (χ2n) is 36.7. The number of aromatic nitrogens is 8. The fourth-order valence-corrected chi connectivity index (χ4v) is 18.5. The first-order chi connectivity index (χ1) is 68.1. The van der Waals surface area contributed by atoms with E-state index in [2.05, 4.69) is 163 Å². The predicted octanol–water partition coefficient (Wildman–Crippen LogP) is 16.6. The monoisotopic (exact) mass is 1870 g/mol. The van der Waals surface area contributed by atoms with Gasteiger partial charge in [-0.05, 0) is 276 Å². The Bertz CT molecular complexity index is 6160. The highest BCUT2D eigenvalue weighted by atomic mass is 16.5. The zero-order valence-electron chi connectivity index (χ0n) is 79.6. The molecule has 714 valence electrons. The van der Waals surface area contributed by atoms with Crippen LogP contribution >= 0.6 is 0 Å². The molecule has 7 aromatic heterocycles. The molecular formula is C112H117N19O9. The van der Waals surface area contributed by atoms with Crippen molar-refractivity contribution < 1.29 is 43.1 Å². The number of carbonyl (C=O) groups excluding carboxylic acids is 8. The van der Waals surface area contributed by atoms with Crippen molar-refractivity contribution in [2.75, 3.05) is 123 Å². The van der Waals surface area contributed by atoms with Crippen LogP contribution in [0.4, 0.5) is 39.6 Å². The number of ether oxygens (including phenoxy) is 1. The zero-order valence-corrected chi connectivity index (χ0v) is 79.6. The van der Waals surface area contributed by atoms with Crippen LogP contribution in [0, 0.1) is 69.1 Å². The second-order valence-corrected chi connectivity index (χ2v) is 36.7. The van der Waals surface area contributed by atoms with E-state index in [0.717, 1.165) is 148 Å². The van der Waals surface area contributed by atoms with Crippen LogP contribution in [0.25, 0.3) is 0 Å². The number of nitrogens with zero attached hydrogens (tertiary/aromatic N) is 14. The van der Waals surface area contributed by atoms with Gasteiger partial charge in [-0.3, -0.25) is 48.8 Å². The lowest BCUT2D eigenvalue weighted by Gasteiger charge is -2.32. The van der Waals surface area contributed by atoms with E-state index in [0.29, 0.717) is 157 Å². The third-order valence-corrected chi connectivity index (χ3v) is 26.7. The van der Waals surface area contributed by atoms with Crippen molar-refractivity contribution in [1.82, 2.24) is 65.0 Å². The number of terminal acetylenes is 4. The van der Waals surface area contributed by atoms with E-state index < -0.39 is 0 Å². The Morgan fingerprint density at radius 3 is 1.22 bits per heavy atom. The SMILES string of the molecule is C#Cc1ccc(C2CCN(C(=O)c3ccc(C)c(NC(=O)NC4CCOC4)n3)CC2)cc1.C#Cc1ccc(C2CCN(C(=O)c3ccnc(NC(=O)c4ccc(N5CCCC5)nc4)c3)CC2)cc1.C#Cc1ccc(C2CCN(C(=O)c3cnc(C)c(NC(=O)c4ccc(CC(C)C)nc4)c3)CC2)cc1.C#Cc1ccc(C2CCN(C(=O)c3cnnc(NC(=O)c4ccc(N5CCCC5)nc4)c3)CC2)cc1. The maximum absolute atomic E-state index is 13.2. The third-order valence-electron chi connectivity index (χ3n) is 26.7. The summed E-state index contributed by atoms with van der Waals surface area (Å²) in [4.78, 5) is 141. The van der Waals surface area contributed by atoms with Crippen LogP contribution in [0.15, 0.2) is 207 Å². The van der Waals surface area contributed by atoms with Gasteiger partial charge in [0.15, 0.2) is 5.82 Å². The number of aryl methyl sites for hydroxylation is 2. The summed E-state index contributed by atoms with van der Waals surface area (Å²) in [5.41, 5.74) is 14.5. The summed E-state index contributed by atoms with van der Waals surface area (Å²) >= 11 is 0. The molecule has 1 unspecified atom stereocenters. The van der Waals surface area contributed by atoms with Gasteiger partial charge < -0.3 is 55.4 Å². The molecular weight excluding hydrogens is 1760 g/mol. The first-order valence-electron chi connectivity index (χ1n) is 48.2. The van der Waals surface area contributed by atoms with Gasteiger partial charge in [-0.25, -0.2) is 24.7 Å². The number of rotatable bonds is 20. The van der Waals surface area contributed by atoms with E-state index >= 15 is 0 Å². The van der Waals surface area contributed by atoms with Crippen molar-refractivity contribution in [2.24, 2.45) is 5.92 Å². The summed E-state index contributed by atoms with van der Waals surface area (Å²) in [7, 11) is 0. The molecule has 28 heteroatoms. The number of hydrogen-bond acceptors (Lipinski definition) is 19. The van der Waals surface area contributed by atoms with Gasteiger partial charge in [0.1, 0.15) is 29.0 Å². The third kappa shape index (κ3) is 26.3. The van der Waals surface area contributed by atoms with Crippen LogP contribution in [0.3, 0.4) is 0 Å². The van der Waals surface area contributed by atoms with E-state index in [-0.39, 0.29) is 59.2 Å². The van der Waals surface area contributed by atoms with Gasteiger partial charge >= 0.3 is 6.03 Å². The molecule has 11 aromatic rings. The number of pyridine rings is 6. The van der Waals surface area contributed by atoms with Crippen molar-refractivity contribution in [1.29, 1.82) is 0 Å². The number of benzene rings is 4. The van der Waals surface area contributed by atoms with Gasteiger partial charge in [0, 0.05) is 150 Å². The predicted molar refractivity (Wildman–Crippen MR) is 543 cm³/mol.